The van der Waals surface area contributed by atoms with Gasteiger partial charge in [-0.05, 0) is 37.1 Å². The first-order valence-electron chi connectivity index (χ1n) is 8.72. The Bertz CT molecular complexity index is 1110. The molecule has 11 heteroatoms. The molecule has 4 rings (SSSR count). The van der Waals surface area contributed by atoms with Gasteiger partial charge in [0.25, 0.3) is 0 Å². The molecule has 1 aromatic carbocycles. The maximum Gasteiger partial charge on any atom is 0.433 e. The summed E-state index contributed by atoms with van der Waals surface area (Å²) >= 11 is 0. The largest absolute Gasteiger partial charge is 0.433 e. The van der Waals surface area contributed by atoms with Gasteiger partial charge in [0.05, 0.1) is 11.0 Å². The number of H-pyrrole nitrogens is 1. The van der Waals surface area contributed by atoms with Gasteiger partial charge in [0.2, 0.25) is 11.8 Å². The molecule has 8 nitrogen and oxygen atoms in total. The number of anilines is 1. The van der Waals surface area contributed by atoms with Gasteiger partial charge in [0.1, 0.15) is 17.3 Å². The summed E-state index contributed by atoms with van der Waals surface area (Å²) in [5, 5.41) is 2.78. The lowest BCUT2D eigenvalue weighted by Gasteiger charge is -2.11. The summed E-state index contributed by atoms with van der Waals surface area (Å²) in [5.41, 5.74) is 5.68. The fourth-order valence-electron chi connectivity index (χ4n) is 2.89. The van der Waals surface area contributed by atoms with E-state index < -0.39 is 29.5 Å². The van der Waals surface area contributed by atoms with Crippen molar-refractivity contribution < 1.29 is 22.8 Å². The highest BCUT2D eigenvalue weighted by atomic mass is 19.4. The number of carbonyl (C=O) groups is 2. The van der Waals surface area contributed by atoms with Crippen molar-refractivity contribution in [2.24, 2.45) is 11.7 Å². The third-order valence-corrected chi connectivity index (χ3v) is 4.50. The Morgan fingerprint density at radius 3 is 2.62 bits per heavy atom. The number of halogens is 3. The molecule has 4 N–H and O–H groups in total. The van der Waals surface area contributed by atoms with Gasteiger partial charge in [-0.25, -0.2) is 15.0 Å². The Balaban J connectivity index is 1.69. The third-order valence-electron chi connectivity index (χ3n) is 4.50. The highest BCUT2D eigenvalue weighted by Crippen LogP contribution is 2.31. The number of hydrogen-bond donors (Lipinski definition) is 3. The zero-order valence-corrected chi connectivity index (χ0v) is 14.8. The molecule has 2 heterocycles. The van der Waals surface area contributed by atoms with Crippen molar-refractivity contribution >= 4 is 28.5 Å². The molecule has 1 aliphatic rings. The van der Waals surface area contributed by atoms with Crippen LogP contribution in [0.4, 0.5) is 18.9 Å². The molecule has 3 aromatic rings. The van der Waals surface area contributed by atoms with Crippen molar-refractivity contribution in [2.45, 2.75) is 24.9 Å². The number of hydrogen-bond acceptors (Lipinski definition) is 5. The SMILES string of the molecule is NC(=O)C(c1nccc(C(F)(F)F)n1)c1nc2ccc(NC(=O)C3CC3)cc2[nH]1. The molecule has 2 aromatic heterocycles. The van der Waals surface area contributed by atoms with Gasteiger partial charge in [-0.1, -0.05) is 0 Å². The van der Waals surface area contributed by atoms with Gasteiger partial charge < -0.3 is 16.0 Å². The van der Waals surface area contributed by atoms with E-state index in [2.05, 4.69) is 25.3 Å². The van der Waals surface area contributed by atoms with E-state index in [1.807, 2.05) is 0 Å². The number of aromatic nitrogens is 4. The Labute approximate surface area is 161 Å². The predicted molar refractivity (Wildman–Crippen MR) is 95.5 cm³/mol. The average molecular weight is 404 g/mol. The molecule has 29 heavy (non-hydrogen) atoms. The molecule has 0 aliphatic heterocycles. The predicted octanol–water partition coefficient (Wildman–Crippen LogP) is 2.34. The van der Waals surface area contributed by atoms with Gasteiger partial charge in [-0.2, -0.15) is 13.2 Å². The first-order chi connectivity index (χ1) is 13.7. The van der Waals surface area contributed by atoms with Crippen LogP contribution in [0.25, 0.3) is 11.0 Å². The van der Waals surface area contributed by atoms with E-state index in [4.69, 9.17) is 5.73 Å². The number of carbonyl (C=O) groups excluding carboxylic acids is 2. The first kappa shape index (κ1) is 18.8. The van der Waals surface area contributed by atoms with E-state index in [-0.39, 0.29) is 17.6 Å². The Kier molecular flexibility index (Phi) is 4.44. The Hall–Kier alpha value is -3.50. The third kappa shape index (κ3) is 3.89. The standard InChI is InChI=1S/C18H15F3N6O2/c19-18(20,21)12-5-6-23-15(27-12)13(14(22)28)16-25-10-4-3-9(7-11(10)26-16)24-17(29)8-1-2-8/h3-8,13H,1-2H2,(H2,22,28)(H,24,29)(H,25,26). The normalized spacial score (nSPS) is 15.3. The number of nitrogens with two attached hydrogens (primary N) is 1. The number of rotatable bonds is 5. The summed E-state index contributed by atoms with van der Waals surface area (Å²) in [6.07, 6.45) is -2.06. The summed E-state index contributed by atoms with van der Waals surface area (Å²) in [5.74, 6) is -2.79. The van der Waals surface area contributed by atoms with Crippen LogP contribution in [0.2, 0.25) is 0 Å². The van der Waals surface area contributed by atoms with Gasteiger partial charge in [-0.15, -0.1) is 0 Å². The smallest absolute Gasteiger partial charge is 0.369 e. The first-order valence-corrected chi connectivity index (χ1v) is 8.72. The fourth-order valence-corrected chi connectivity index (χ4v) is 2.89. The molecule has 1 fully saturated rings. The molecular weight excluding hydrogens is 389 g/mol. The van der Waals surface area contributed by atoms with Crippen LogP contribution >= 0.6 is 0 Å². The van der Waals surface area contributed by atoms with Gasteiger partial charge >= 0.3 is 6.18 Å². The minimum Gasteiger partial charge on any atom is -0.369 e. The summed E-state index contributed by atoms with van der Waals surface area (Å²) in [6.45, 7) is 0. The van der Waals surface area contributed by atoms with E-state index in [0.717, 1.165) is 19.0 Å². The Morgan fingerprint density at radius 1 is 1.21 bits per heavy atom. The van der Waals surface area contributed by atoms with E-state index in [0.29, 0.717) is 22.8 Å². The van der Waals surface area contributed by atoms with Gasteiger partial charge in [-0.3, -0.25) is 9.59 Å². The van der Waals surface area contributed by atoms with Crippen LogP contribution in [0.5, 0.6) is 0 Å². The zero-order chi connectivity index (χ0) is 20.8. The van der Waals surface area contributed by atoms with Crippen LogP contribution in [0.15, 0.2) is 30.5 Å². The van der Waals surface area contributed by atoms with Crippen LogP contribution in [0.1, 0.15) is 36.1 Å². The molecule has 1 saturated carbocycles. The van der Waals surface area contributed by atoms with Crippen LogP contribution in [-0.2, 0) is 15.8 Å². The maximum atomic E-state index is 12.9. The molecule has 0 bridgehead atoms. The second kappa shape index (κ2) is 6.83. The van der Waals surface area contributed by atoms with Crippen molar-refractivity contribution in [1.29, 1.82) is 0 Å². The van der Waals surface area contributed by atoms with Gasteiger partial charge in [0.15, 0.2) is 5.92 Å². The van der Waals surface area contributed by atoms with Crippen LogP contribution in [0, 0.1) is 5.92 Å². The van der Waals surface area contributed by atoms with E-state index in [1.165, 1.54) is 0 Å². The summed E-state index contributed by atoms with van der Waals surface area (Å²) in [7, 11) is 0. The van der Waals surface area contributed by atoms with Crippen LogP contribution < -0.4 is 11.1 Å². The lowest BCUT2D eigenvalue weighted by molar-refractivity contribution is -0.141. The maximum absolute atomic E-state index is 12.9. The van der Waals surface area contributed by atoms with Crippen molar-refractivity contribution in [3.8, 4) is 0 Å². The minimum atomic E-state index is -4.69. The highest BCUT2D eigenvalue weighted by molar-refractivity contribution is 5.96. The number of amides is 2. The van der Waals surface area contributed by atoms with Crippen molar-refractivity contribution in [2.75, 3.05) is 5.32 Å². The molecule has 2 amide bonds. The number of alkyl halides is 3. The molecule has 0 saturated heterocycles. The molecule has 1 unspecified atom stereocenters. The molecule has 150 valence electrons. The minimum absolute atomic E-state index is 0.0116. The molecule has 1 aliphatic carbocycles. The van der Waals surface area contributed by atoms with Gasteiger partial charge in [0, 0.05) is 17.8 Å². The zero-order valence-electron chi connectivity index (χ0n) is 14.8. The number of benzene rings is 1. The summed E-state index contributed by atoms with van der Waals surface area (Å²) in [4.78, 5) is 38.2. The Morgan fingerprint density at radius 2 is 1.97 bits per heavy atom. The number of fused-ring (bicyclic) bond motifs is 1. The molecule has 0 radical (unpaired) electrons. The molecular formula is C18H15F3N6O2. The number of primary amides is 1. The van der Waals surface area contributed by atoms with Crippen molar-refractivity contribution in [1.82, 2.24) is 19.9 Å². The van der Waals surface area contributed by atoms with Crippen molar-refractivity contribution in [3.63, 3.8) is 0 Å². The summed E-state index contributed by atoms with van der Waals surface area (Å²) < 4.78 is 38.8. The van der Waals surface area contributed by atoms with E-state index in [1.54, 1.807) is 18.2 Å². The fraction of sp³-hybridized carbons (Fsp3) is 0.278. The molecule has 1 atom stereocenters. The van der Waals surface area contributed by atoms with Crippen molar-refractivity contribution in [3.05, 3.63) is 47.8 Å². The lowest BCUT2D eigenvalue weighted by atomic mass is 10.1. The average Bonchev–Trinajstić information content (AvgIpc) is 3.42. The monoisotopic (exact) mass is 404 g/mol. The second-order valence-electron chi connectivity index (χ2n) is 6.75. The second-order valence-corrected chi connectivity index (χ2v) is 6.75. The highest BCUT2D eigenvalue weighted by Gasteiger charge is 2.35. The number of imidazole rings is 1. The number of nitrogens with zero attached hydrogens (tertiary/aromatic N) is 3. The quantitative estimate of drug-likeness (QED) is 0.602. The number of nitrogens with one attached hydrogen (secondary N) is 2. The van der Waals surface area contributed by atoms with Crippen LogP contribution in [0.3, 0.4) is 0 Å². The number of aromatic amines is 1. The molecule has 0 spiro atoms. The van der Waals surface area contributed by atoms with E-state index >= 15 is 0 Å². The van der Waals surface area contributed by atoms with Crippen LogP contribution in [-0.4, -0.2) is 31.8 Å². The topological polar surface area (TPSA) is 127 Å². The van der Waals surface area contributed by atoms with E-state index in [9.17, 15) is 22.8 Å². The lowest BCUT2D eigenvalue weighted by Crippen LogP contribution is -2.26. The summed E-state index contributed by atoms with van der Waals surface area (Å²) in [6, 6.07) is 5.59.